The third-order valence-corrected chi connectivity index (χ3v) is 2.07. The molecule has 3 N–H and O–H groups in total. The van der Waals surface area contributed by atoms with Crippen molar-refractivity contribution in [1.29, 1.82) is 5.41 Å². The summed E-state index contributed by atoms with van der Waals surface area (Å²) in [4.78, 5) is 4.30. The van der Waals surface area contributed by atoms with Crippen molar-refractivity contribution < 1.29 is 0 Å². The van der Waals surface area contributed by atoms with Gasteiger partial charge in [0.25, 0.3) is 0 Å². The minimum atomic E-state index is -0.00231. The average molecular weight is 189 g/mol. The predicted octanol–water partition coefficient (Wildman–Crippen LogP) is 0.630. The summed E-state index contributed by atoms with van der Waals surface area (Å²) in [5.74, 6) is -0.00231. The lowest BCUT2D eigenvalue weighted by molar-refractivity contribution is 0.886. The molecule has 14 heavy (non-hydrogen) atoms. The molecule has 0 radical (unpaired) electrons. The maximum atomic E-state index is 7.36. The third kappa shape index (κ3) is 1.14. The number of fused-ring (bicyclic) bond motifs is 1. The molecule has 72 valence electrons. The van der Waals surface area contributed by atoms with Crippen LogP contribution in [0.1, 0.15) is 17.0 Å². The molecule has 0 amide bonds. The average Bonchev–Trinajstić information content (AvgIpc) is 2.47. The van der Waals surface area contributed by atoms with Crippen molar-refractivity contribution in [1.82, 2.24) is 14.6 Å². The standard InChI is InChI=1S/C9H11N5/c1-5-3-6(2)14-9(13-5)7(4-12-14)8(10)11/h3-4H,1-2H3,(H3,10,11). The zero-order valence-electron chi connectivity index (χ0n) is 8.07. The molecular weight excluding hydrogens is 178 g/mol. The van der Waals surface area contributed by atoms with Crippen LogP contribution in [0.5, 0.6) is 0 Å². The first-order valence-electron chi connectivity index (χ1n) is 4.26. The minimum absolute atomic E-state index is 0.00231. The lowest BCUT2D eigenvalue weighted by Crippen LogP contribution is -2.11. The first kappa shape index (κ1) is 8.68. The molecule has 5 nitrogen and oxygen atoms in total. The first-order chi connectivity index (χ1) is 6.59. The Morgan fingerprint density at radius 3 is 2.86 bits per heavy atom. The van der Waals surface area contributed by atoms with Crippen molar-refractivity contribution >= 4 is 11.5 Å². The van der Waals surface area contributed by atoms with E-state index in [-0.39, 0.29) is 5.84 Å². The Bertz CT molecular complexity index is 511. The molecule has 2 aromatic heterocycles. The Balaban J connectivity index is 2.85. The van der Waals surface area contributed by atoms with Gasteiger partial charge in [0.05, 0.1) is 11.8 Å². The van der Waals surface area contributed by atoms with Gasteiger partial charge in [0.1, 0.15) is 5.84 Å². The van der Waals surface area contributed by atoms with Gasteiger partial charge < -0.3 is 5.73 Å². The van der Waals surface area contributed by atoms with Crippen molar-refractivity contribution in [3.63, 3.8) is 0 Å². The van der Waals surface area contributed by atoms with E-state index in [2.05, 4.69) is 10.1 Å². The van der Waals surface area contributed by atoms with E-state index < -0.39 is 0 Å². The van der Waals surface area contributed by atoms with Crippen LogP contribution < -0.4 is 5.73 Å². The molecule has 0 unspecified atom stereocenters. The van der Waals surface area contributed by atoms with Gasteiger partial charge in [0.15, 0.2) is 5.65 Å². The third-order valence-electron chi connectivity index (χ3n) is 2.07. The number of hydrogen-bond acceptors (Lipinski definition) is 3. The highest BCUT2D eigenvalue weighted by atomic mass is 15.3. The summed E-state index contributed by atoms with van der Waals surface area (Å²) in [7, 11) is 0. The van der Waals surface area contributed by atoms with Crippen LogP contribution in [-0.2, 0) is 0 Å². The van der Waals surface area contributed by atoms with Crippen molar-refractivity contribution in [2.45, 2.75) is 13.8 Å². The summed E-state index contributed by atoms with van der Waals surface area (Å²) >= 11 is 0. The summed E-state index contributed by atoms with van der Waals surface area (Å²) in [5, 5.41) is 11.5. The normalized spacial score (nSPS) is 10.7. The highest BCUT2D eigenvalue weighted by molar-refractivity contribution is 6.00. The van der Waals surface area contributed by atoms with Gasteiger partial charge in [-0.05, 0) is 19.9 Å². The van der Waals surface area contributed by atoms with E-state index in [1.807, 2.05) is 19.9 Å². The van der Waals surface area contributed by atoms with Crippen LogP contribution in [0.4, 0.5) is 0 Å². The maximum Gasteiger partial charge on any atom is 0.166 e. The Hall–Kier alpha value is -1.91. The van der Waals surface area contributed by atoms with Crippen molar-refractivity contribution in [2.75, 3.05) is 0 Å². The summed E-state index contributed by atoms with van der Waals surface area (Å²) in [5.41, 5.74) is 8.53. The van der Waals surface area contributed by atoms with E-state index in [9.17, 15) is 0 Å². The second kappa shape index (κ2) is 2.80. The molecule has 0 spiro atoms. The molecule has 0 atom stereocenters. The molecule has 2 aromatic rings. The van der Waals surface area contributed by atoms with Crippen LogP contribution in [0, 0.1) is 19.3 Å². The topological polar surface area (TPSA) is 80.1 Å². The monoisotopic (exact) mass is 189 g/mol. The Morgan fingerprint density at radius 2 is 2.21 bits per heavy atom. The number of aromatic nitrogens is 3. The van der Waals surface area contributed by atoms with Gasteiger partial charge in [-0.15, -0.1) is 0 Å². The maximum absolute atomic E-state index is 7.36. The second-order valence-corrected chi connectivity index (χ2v) is 3.25. The minimum Gasteiger partial charge on any atom is -0.384 e. The molecule has 0 aliphatic heterocycles. The van der Waals surface area contributed by atoms with Gasteiger partial charge in [0.2, 0.25) is 0 Å². The van der Waals surface area contributed by atoms with Gasteiger partial charge in [-0.1, -0.05) is 0 Å². The number of nitrogens with two attached hydrogens (primary N) is 1. The zero-order chi connectivity index (χ0) is 10.3. The fraction of sp³-hybridized carbons (Fsp3) is 0.222. The van der Waals surface area contributed by atoms with E-state index in [1.54, 1.807) is 10.7 Å². The lowest BCUT2D eigenvalue weighted by Gasteiger charge is -2.01. The first-order valence-corrected chi connectivity index (χ1v) is 4.26. The van der Waals surface area contributed by atoms with E-state index in [0.717, 1.165) is 11.4 Å². The molecule has 0 saturated heterocycles. The van der Waals surface area contributed by atoms with Crippen LogP contribution in [0.3, 0.4) is 0 Å². The van der Waals surface area contributed by atoms with Gasteiger partial charge in [-0.2, -0.15) is 5.10 Å². The van der Waals surface area contributed by atoms with Gasteiger partial charge in [-0.3, -0.25) is 5.41 Å². The predicted molar refractivity (Wildman–Crippen MR) is 53.5 cm³/mol. The lowest BCUT2D eigenvalue weighted by atomic mass is 10.3. The number of hydrogen-bond donors (Lipinski definition) is 2. The summed E-state index contributed by atoms with van der Waals surface area (Å²) < 4.78 is 1.68. The smallest absolute Gasteiger partial charge is 0.166 e. The van der Waals surface area contributed by atoms with Crippen LogP contribution in [-0.4, -0.2) is 20.4 Å². The molecule has 2 rings (SSSR count). The quantitative estimate of drug-likeness (QED) is 0.510. The number of rotatable bonds is 1. The Morgan fingerprint density at radius 1 is 1.50 bits per heavy atom. The number of amidine groups is 1. The molecule has 0 saturated carbocycles. The highest BCUT2D eigenvalue weighted by Gasteiger charge is 2.09. The molecule has 0 fully saturated rings. The Labute approximate surface area is 81.1 Å². The van der Waals surface area contributed by atoms with E-state index >= 15 is 0 Å². The van der Waals surface area contributed by atoms with Crippen LogP contribution in [0.15, 0.2) is 12.3 Å². The number of aryl methyl sites for hydroxylation is 2. The van der Waals surface area contributed by atoms with E-state index in [4.69, 9.17) is 11.1 Å². The largest absolute Gasteiger partial charge is 0.384 e. The number of nitrogens with one attached hydrogen (secondary N) is 1. The van der Waals surface area contributed by atoms with Gasteiger partial charge in [-0.25, -0.2) is 9.50 Å². The van der Waals surface area contributed by atoms with Gasteiger partial charge >= 0.3 is 0 Å². The zero-order valence-corrected chi connectivity index (χ0v) is 8.07. The molecule has 5 heteroatoms. The fourth-order valence-electron chi connectivity index (χ4n) is 1.46. The molecular formula is C9H11N5. The fourth-order valence-corrected chi connectivity index (χ4v) is 1.46. The van der Waals surface area contributed by atoms with E-state index in [1.165, 1.54) is 0 Å². The van der Waals surface area contributed by atoms with Crippen LogP contribution in [0.2, 0.25) is 0 Å². The molecule has 0 aliphatic rings. The molecule has 0 bridgehead atoms. The molecule has 0 aromatic carbocycles. The number of nitrogen functional groups attached to an aromatic ring is 1. The summed E-state index contributed by atoms with van der Waals surface area (Å²) in [6, 6.07) is 1.93. The second-order valence-electron chi connectivity index (χ2n) is 3.25. The van der Waals surface area contributed by atoms with Crippen molar-refractivity contribution in [2.24, 2.45) is 5.73 Å². The van der Waals surface area contributed by atoms with Crippen molar-refractivity contribution in [3.8, 4) is 0 Å². The number of nitrogens with zero attached hydrogens (tertiary/aromatic N) is 3. The Kier molecular flexibility index (Phi) is 1.73. The summed E-state index contributed by atoms with van der Waals surface area (Å²) in [6.45, 7) is 3.85. The van der Waals surface area contributed by atoms with Crippen LogP contribution >= 0.6 is 0 Å². The summed E-state index contributed by atoms with van der Waals surface area (Å²) in [6.07, 6.45) is 1.57. The SMILES string of the molecule is Cc1cc(C)n2ncc(C(=N)N)c2n1. The molecule has 2 heterocycles. The van der Waals surface area contributed by atoms with Crippen LogP contribution in [0.25, 0.3) is 5.65 Å². The van der Waals surface area contributed by atoms with Crippen molar-refractivity contribution in [3.05, 3.63) is 29.2 Å². The molecule has 0 aliphatic carbocycles. The van der Waals surface area contributed by atoms with Gasteiger partial charge in [0, 0.05) is 11.4 Å². The van der Waals surface area contributed by atoms with E-state index in [0.29, 0.717) is 11.2 Å². The highest BCUT2D eigenvalue weighted by Crippen LogP contribution is 2.10.